The maximum Gasteiger partial charge on any atom is 0.267 e. The lowest BCUT2D eigenvalue weighted by atomic mass is 10.0. The maximum absolute atomic E-state index is 13.7. The summed E-state index contributed by atoms with van der Waals surface area (Å²) >= 11 is 1.39. The number of para-hydroxylation sites is 1. The molecule has 13 heteroatoms. The number of amidine groups is 1. The number of carbonyl (C=O) groups excluding carboxylic acids is 1. The third kappa shape index (κ3) is 5.81. The maximum atomic E-state index is 13.7. The van der Waals surface area contributed by atoms with Crippen molar-refractivity contribution in [2.75, 3.05) is 0 Å². The fraction of sp³-hybridized carbons (Fsp3) is 0.0741. The molecule has 0 saturated heterocycles. The zero-order chi connectivity index (χ0) is 28.3. The van der Waals surface area contributed by atoms with Gasteiger partial charge in [-0.2, -0.15) is 0 Å². The first-order valence-electron chi connectivity index (χ1n) is 11.9. The van der Waals surface area contributed by atoms with Crippen LogP contribution >= 0.6 is 11.3 Å². The van der Waals surface area contributed by atoms with Crippen LogP contribution in [0.25, 0.3) is 21.6 Å². The second-order valence-corrected chi connectivity index (χ2v) is 11.5. The zero-order valence-electron chi connectivity index (χ0n) is 20.8. The number of fused-ring (bicyclic) bond motifs is 1. The molecule has 11 nitrogen and oxygen atoms in total. The zero-order valence-corrected chi connectivity index (χ0v) is 22.4. The second kappa shape index (κ2) is 11.2. The second-order valence-electron chi connectivity index (χ2n) is 8.74. The Morgan fingerprint density at radius 3 is 2.58 bits per heavy atom. The minimum Gasteiger partial charge on any atom is -0.409 e. The minimum atomic E-state index is -4.07. The van der Waals surface area contributed by atoms with Crippen molar-refractivity contribution in [3.8, 4) is 11.4 Å². The smallest absolute Gasteiger partial charge is 0.267 e. The molecule has 202 valence electrons. The van der Waals surface area contributed by atoms with Gasteiger partial charge in [-0.3, -0.25) is 4.79 Å². The number of thiazole rings is 1. The van der Waals surface area contributed by atoms with Crippen LogP contribution in [0.15, 0.2) is 95.1 Å². The molecule has 0 radical (unpaired) electrons. The topological polar surface area (TPSA) is 187 Å². The van der Waals surface area contributed by atoms with Crippen molar-refractivity contribution in [3.63, 3.8) is 0 Å². The average molecular weight is 574 g/mol. The number of nitrogens with two attached hydrogens (primary N) is 2. The molecule has 0 aliphatic heterocycles. The van der Waals surface area contributed by atoms with Crippen molar-refractivity contribution < 1.29 is 18.4 Å². The van der Waals surface area contributed by atoms with Crippen LogP contribution in [0.1, 0.15) is 32.7 Å². The van der Waals surface area contributed by atoms with Gasteiger partial charge in [-0.15, -0.1) is 11.3 Å². The van der Waals surface area contributed by atoms with Crippen LogP contribution in [0.5, 0.6) is 0 Å². The van der Waals surface area contributed by atoms with E-state index in [2.05, 4.69) is 19.8 Å². The van der Waals surface area contributed by atoms with Gasteiger partial charge >= 0.3 is 0 Å². The van der Waals surface area contributed by atoms with Crippen LogP contribution in [0.3, 0.4) is 0 Å². The Bertz CT molecular complexity index is 1820. The first kappa shape index (κ1) is 26.9. The van der Waals surface area contributed by atoms with E-state index in [1.54, 1.807) is 30.3 Å². The van der Waals surface area contributed by atoms with Crippen LogP contribution in [0, 0.1) is 0 Å². The predicted molar refractivity (Wildman–Crippen MR) is 151 cm³/mol. The van der Waals surface area contributed by atoms with E-state index in [1.807, 2.05) is 30.3 Å². The number of carbonyl (C=O) groups is 1. The van der Waals surface area contributed by atoms with Gasteiger partial charge in [0.25, 0.3) is 5.91 Å². The molecule has 1 unspecified atom stereocenters. The Balaban J connectivity index is 1.51. The third-order valence-corrected chi connectivity index (χ3v) is 8.61. The molecular formula is C27H23N7O4S2. The summed E-state index contributed by atoms with van der Waals surface area (Å²) in [5.41, 5.74) is 13.5. The lowest BCUT2D eigenvalue weighted by molar-refractivity contribution is 0.0995. The Kier molecular flexibility index (Phi) is 7.51. The van der Waals surface area contributed by atoms with Gasteiger partial charge in [-0.1, -0.05) is 47.6 Å². The molecule has 0 aliphatic rings. The number of nitrogens with zero attached hydrogens (tertiary/aromatic N) is 4. The van der Waals surface area contributed by atoms with Crippen molar-refractivity contribution in [2.45, 2.75) is 17.4 Å². The summed E-state index contributed by atoms with van der Waals surface area (Å²) in [5, 5.41) is 12.7. The van der Waals surface area contributed by atoms with E-state index in [1.165, 1.54) is 35.7 Å². The number of benzene rings is 3. The molecule has 6 N–H and O–H groups in total. The largest absolute Gasteiger partial charge is 0.409 e. The van der Waals surface area contributed by atoms with Crippen molar-refractivity contribution in [2.24, 2.45) is 16.6 Å². The van der Waals surface area contributed by atoms with Crippen molar-refractivity contribution in [3.05, 3.63) is 107 Å². The molecule has 5 rings (SSSR count). The number of hydrogen-bond acceptors (Lipinski definition) is 9. The molecule has 1 amide bonds. The Morgan fingerprint density at radius 2 is 1.80 bits per heavy atom. The molecule has 0 spiro atoms. The average Bonchev–Trinajstić information content (AvgIpc) is 3.41. The molecule has 0 bridgehead atoms. The Hall–Kier alpha value is -4.72. The number of primary amides is 1. The van der Waals surface area contributed by atoms with Gasteiger partial charge in [-0.25, -0.2) is 28.1 Å². The molecule has 5 aromatic rings. The van der Waals surface area contributed by atoms with Crippen molar-refractivity contribution in [1.29, 1.82) is 0 Å². The van der Waals surface area contributed by atoms with Crippen LogP contribution in [-0.2, 0) is 16.4 Å². The Labute approximate surface area is 233 Å². The standard InChI is InChI=1S/C27H23N7O4S2/c28-24(33-36)17-6-3-5-16(13-17)14-22(27-32-20-9-1-2-10-23(20)39-27)34-40(37,38)19-8-4-7-18(15-19)26-30-12-11-21(31-26)25(29)35/h1-13,15,22,34,36H,14H2,(H2,28,33)(H2,29,35). The number of oxime groups is 1. The summed E-state index contributed by atoms with van der Waals surface area (Å²) in [5.74, 6) is -0.613. The number of hydrogen-bond donors (Lipinski definition) is 4. The molecular weight excluding hydrogens is 550 g/mol. The monoisotopic (exact) mass is 573 g/mol. The molecule has 2 aromatic heterocycles. The number of sulfonamides is 1. The molecule has 3 aromatic carbocycles. The van der Waals surface area contributed by atoms with Crippen molar-refractivity contribution in [1.82, 2.24) is 19.7 Å². The van der Waals surface area contributed by atoms with Gasteiger partial charge in [0.15, 0.2) is 11.7 Å². The van der Waals surface area contributed by atoms with Gasteiger partial charge in [-0.05, 0) is 48.4 Å². The molecule has 1 atom stereocenters. The number of aromatic nitrogens is 3. The lowest BCUT2D eigenvalue weighted by Gasteiger charge is -2.18. The highest BCUT2D eigenvalue weighted by Gasteiger charge is 2.25. The van der Waals surface area contributed by atoms with Gasteiger partial charge in [0.2, 0.25) is 10.0 Å². The predicted octanol–water partition coefficient (Wildman–Crippen LogP) is 3.21. The van der Waals surface area contributed by atoms with E-state index in [4.69, 9.17) is 21.7 Å². The summed E-state index contributed by atoms with van der Waals surface area (Å²) in [6.07, 6.45) is 1.63. The summed E-state index contributed by atoms with van der Waals surface area (Å²) < 4.78 is 31.1. The summed E-state index contributed by atoms with van der Waals surface area (Å²) in [4.78, 5) is 24.5. The van der Waals surface area contributed by atoms with E-state index in [0.29, 0.717) is 16.1 Å². The van der Waals surface area contributed by atoms with E-state index < -0.39 is 22.0 Å². The van der Waals surface area contributed by atoms with Gasteiger partial charge in [0.1, 0.15) is 10.7 Å². The van der Waals surface area contributed by atoms with Crippen LogP contribution in [0.2, 0.25) is 0 Å². The van der Waals surface area contributed by atoms with E-state index in [9.17, 15) is 13.2 Å². The fourth-order valence-corrected chi connectivity index (χ4v) is 6.40. The highest BCUT2D eigenvalue weighted by atomic mass is 32.2. The molecule has 0 aliphatic carbocycles. The van der Waals surface area contributed by atoms with Crippen LogP contribution in [0.4, 0.5) is 0 Å². The molecule has 40 heavy (non-hydrogen) atoms. The molecule has 2 heterocycles. The highest BCUT2D eigenvalue weighted by Crippen LogP contribution is 2.30. The van der Waals surface area contributed by atoms with Gasteiger partial charge in [0.05, 0.1) is 21.2 Å². The normalized spacial score (nSPS) is 12.8. The quantitative estimate of drug-likeness (QED) is 0.0895. The Morgan fingerprint density at radius 1 is 1.00 bits per heavy atom. The fourth-order valence-electron chi connectivity index (χ4n) is 4.06. The molecule has 0 saturated carbocycles. The number of rotatable bonds is 9. The van der Waals surface area contributed by atoms with E-state index >= 15 is 0 Å². The SMILES string of the molecule is NC(=O)c1ccnc(-c2cccc(S(=O)(=O)NC(Cc3cccc(/C(N)=N\O)c3)c3nc4ccccc4s3)c2)n1. The minimum absolute atomic E-state index is 0.0152. The highest BCUT2D eigenvalue weighted by molar-refractivity contribution is 7.89. The molecule has 0 fully saturated rings. The first-order chi connectivity index (χ1) is 19.2. The van der Waals surface area contributed by atoms with E-state index in [-0.39, 0.29) is 28.7 Å². The van der Waals surface area contributed by atoms with Crippen LogP contribution in [-0.4, -0.2) is 40.3 Å². The summed E-state index contributed by atoms with van der Waals surface area (Å²) in [7, 11) is -4.07. The summed E-state index contributed by atoms with van der Waals surface area (Å²) in [6.45, 7) is 0. The van der Waals surface area contributed by atoms with Gasteiger partial charge < -0.3 is 16.7 Å². The number of amides is 1. The van der Waals surface area contributed by atoms with Crippen molar-refractivity contribution >= 4 is 43.3 Å². The summed E-state index contributed by atoms with van der Waals surface area (Å²) in [6, 6.07) is 21.3. The number of nitrogens with one attached hydrogen (secondary N) is 1. The van der Waals surface area contributed by atoms with E-state index in [0.717, 1.165) is 15.8 Å². The van der Waals surface area contributed by atoms with Gasteiger partial charge in [0, 0.05) is 17.3 Å². The lowest BCUT2D eigenvalue weighted by Crippen LogP contribution is -2.30. The van der Waals surface area contributed by atoms with Crippen LogP contribution < -0.4 is 16.2 Å². The first-order valence-corrected chi connectivity index (χ1v) is 14.2. The third-order valence-electron chi connectivity index (χ3n) is 5.99.